The van der Waals surface area contributed by atoms with Gasteiger partial charge in [0.2, 0.25) is 0 Å². The zero-order chi connectivity index (χ0) is 22.6. The van der Waals surface area contributed by atoms with Gasteiger partial charge in [0.15, 0.2) is 0 Å². The van der Waals surface area contributed by atoms with E-state index in [0.29, 0.717) is 29.6 Å². The highest BCUT2D eigenvalue weighted by Gasteiger charge is 2.42. The minimum absolute atomic E-state index is 0.158. The Hall–Kier alpha value is -2.20. The Morgan fingerprint density at radius 2 is 1.81 bits per heavy atom. The highest BCUT2D eigenvalue weighted by Crippen LogP contribution is 2.44. The molecule has 0 aromatic heterocycles. The smallest absolute Gasteiger partial charge is 0.349 e. The average Bonchev–Trinajstić information content (AvgIpc) is 2.69. The van der Waals surface area contributed by atoms with Crippen LogP contribution in [0.3, 0.4) is 0 Å². The summed E-state index contributed by atoms with van der Waals surface area (Å²) in [5.41, 5.74) is 2.86. The molecule has 2 aromatic carbocycles. The van der Waals surface area contributed by atoms with Gasteiger partial charge >= 0.3 is 5.97 Å². The van der Waals surface area contributed by atoms with E-state index in [1.165, 1.54) is 22.9 Å². The zero-order valence-electron chi connectivity index (χ0n) is 19.3. The first-order chi connectivity index (χ1) is 14.7. The van der Waals surface area contributed by atoms with Crippen LogP contribution in [0.25, 0.3) is 0 Å². The van der Waals surface area contributed by atoms with E-state index in [-0.39, 0.29) is 5.76 Å². The van der Waals surface area contributed by atoms with Crippen molar-refractivity contribution in [3.8, 4) is 0 Å². The third-order valence-corrected chi connectivity index (χ3v) is 6.92. The van der Waals surface area contributed by atoms with E-state index in [1.54, 1.807) is 0 Å². The lowest BCUT2D eigenvalue weighted by Gasteiger charge is -2.38. The summed E-state index contributed by atoms with van der Waals surface area (Å²) in [7, 11) is 0. The van der Waals surface area contributed by atoms with E-state index in [2.05, 4.69) is 58.0 Å². The minimum atomic E-state index is -0.664. The molecule has 0 fully saturated rings. The van der Waals surface area contributed by atoms with Gasteiger partial charge in [-0.2, -0.15) is 0 Å². The second-order valence-corrected chi connectivity index (χ2v) is 10.5. The standard InChI is InChI=1S/C27H34O3S/c1-18(2)16-27(14-13-21-9-7-6-8-10-21)17-23(28)25(26(29)30-27)31-24-15-20(5)11-12-22(24)19(3)4/h6-12,15,18-19,28H,13-14,16-17H2,1-5H3. The highest BCUT2D eigenvalue weighted by atomic mass is 32.2. The molecule has 1 N–H and O–H groups in total. The first-order valence-corrected chi connectivity index (χ1v) is 12.0. The molecule has 1 aliphatic heterocycles. The lowest BCUT2D eigenvalue weighted by Crippen LogP contribution is -2.41. The van der Waals surface area contributed by atoms with Gasteiger partial charge in [-0.15, -0.1) is 0 Å². The molecule has 0 spiro atoms. The van der Waals surface area contributed by atoms with Crippen molar-refractivity contribution in [3.63, 3.8) is 0 Å². The van der Waals surface area contributed by atoms with Crippen molar-refractivity contribution < 1.29 is 14.6 Å². The highest BCUT2D eigenvalue weighted by molar-refractivity contribution is 8.04. The summed E-state index contributed by atoms with van der Waals surface area (Å²) in [6.45, 7) is 10.6. The third kappa shape index (κ3) is 5.94. The molecule has 0 saturated heterocycles. The maximum absolute atomic E-state index is 13.1. The summed E-state index contributed by atoms with van der Waals surface area (Å²) in [5.74, 6) is 0.441. The van der Waals surface area contributed by atoms with E-state index in [0.717, 1.165) is 23.3 Å². The van der Waals surface area contributed by atoms with Gasteiger partial charge in [0.05, 0.1) is 0 Å². The van der Waals surface area contributed by atoms with Crippen molar-refractivity contribution in [2.24, 2.45) is 5.92 Å². The molecular weight excluding hydrogens is 404 g/mol. The summed E-state index contributed by atoms with van der Waals surface area (Å²) < 4.78 is 6.11. The molecule has 0 saturated carbocycles. The number of hydrogen-bond donors (Lipinski definition) is 1. The Balaban J connectivity index is 1.87. The number of ether oxygens (including phenoxy) is 1. The molecule has 1 aliphatic rings. The lowest BCUT2D eigenvalue weighted by molar-refractivity contribution is -0.160. The molecule has 1 unspecified atom stereocenters. The number of aryl methyl sites for hydroxylation is 2. The summed E-state index contributed by atoms with van der Waals surface area (Å²) in [4.78, 5) is 14.5. The van der Waals surface area contributed by atoms with Crippen molar-refractivity contribution >= 4 is 17.7 Å². The minimum Gasteiger partial charge on any atom is -0.511 e. The van der Waals surface area contributed by atoms with Crippen LogP contribution in [0.1, 0.15) is 69.6 Å². The average molecular weight is 439 g/mol. The van der Waals surface area contributed by atoms with Gasteiger partial charge in [-0.3, -0.25) is 0 Å². The van der Waals surface area contributed by atoms with E-state index in [9.17, 15) is 9.90 Å². The largest absolute Gasteiger partial charge is 0.511 e. The molecular formula is C27H34O3S. The fraction of sp³-hybridized carbons (Fsp3) is 0.444. The fourth-order valence-corrected chi connectivity index (χ4v) is 5.52. The van der Waals surface area contributed by atoms with Crippen LogP contribution in [0.15, 0.2) is 64.1 Å². The summed E-state index contributed by atoms with van der Waals surface area (Å²) in [5, 5.41) is 11.0. The predicted octanol–water partition coefficient (Wildman–Crippen LogP) is 7.34. The Morgan fingerprint density at radius 3 is 2.42 bits per heavy atom. The van der Waals surface area contributed by atoms with Crippen LogP contribution in [0, 0.1) is 12.8 Å². The Bertz CT molecular complexity index is 946. The maximum atomic E-state index is 13.1. The first kappa shape index (κ1) is 23.5. The summed E-state index contributed by atoms with van der Waals surface area (Å²) >= 11 is 1.34. The van der Waals surface area contributed by atoms with Gasteiger partial charge in [0.25, 0.3) is 0 Å². The van der Waals surface area contributed by atoms with Crippen LogP contribution < -0.4 is 0 Å². The molecule has 0 amide bonds. The zero-order valence-corrected chi connectivity index (χ0v) is 20.1. The number of benzene rings is 2. The number of cyclic esters (lactones) is 1. The van der Waals surface area contributed by atoms with Crippen LogP contribution >= 0.6 is 11.8 Å². The number of carbonyl (C=O) groups is 1. The van der Waals surface area contributed by atoms with Gasteiger partial charge in [-0.1, -0.05) is 81.9 Å². The molecule has 3 rings (SSSR count). The van der Waals surface area contributed by atoms with E-state index >= 15 is 0 Å². The van der Waals surface area contributed by atoms with Crippen molar-refractivity contribution in [3.05, 3.63) is 75.9 Å². The van der Waals surface area contributed by atoms with Crippen molar-refractivity contribution in [2.75, 3.05) is 0 Å². The molecule has 31 heavy (non-hydrogen) atoms. The topological polar surface area (TPSA) is 46.5 Å². The quantitative estimate of drug-likeness (QED) is 0.438. The van der Waals surface area contributed by atoms with E-state index in [1.807, 2.05) is 25.1 Å². The number of hydrogen-bond acceptors (Lipinski definition) is 4. The van der Waals surface area contributed by atoms with Crippen LogP contribution in [0.4, 0.5) is 0 Å². The molecule has 1 heterocycles. The lowest BCUT2D eigenvalue weighted by atomic mass is 9.82. The van der Waals surface area contributed by atoms with Crippen LogP contribution in [-0.2, 0) is 16.0 Å². The van der Waals surface area contributed by atoms with Gasteiger partial charge in [-0.25, -0.2) is 4.79 Å². The second-order valence-electron chi connectivity index (χ2n) is 9.41. The van der Waals surface area contributed by atoms with Gasteiger partial charge in [0, 0.05) is 11.3 Å². The second kappa shape index (κ2) is 9.95. The summed E-state index contributed by atoms with van der Waals surface area (Å²) in [6, 6.07) is 16.5. The van der Waals surface area contributed by atoms with Gasteiger partial charge in [-0.05, 0) is 60.8 Å². The molecule has 0 bridgehead atoms. The van der Waals surface area contributed by atoms with E-state index in [4.69, 9.17) is 4.74 Å². The Morgan fingerprint density at radius 1 is 1.10 bits per heavy atom. The normalized spacial score (nSPS) is 19.3. The molecule has 1 atom stereocenters. The Kier molecular flexibility index (Phi) is 7.53. The molecule has 3 nitrogen and oxygen atoms in total. The van der Waals surface area contributed by atoms with Crippen LogP contribution in [0.2, 0.25) is 0 Å². The monoisotopic (exact) mass is 438 g/mol. The van der Waals surface area contributed by atoms with Crippen molar-refractivity contribution in [1.29, 1.82) is 0 Å². The molecule has 166 valence electrons. The molecule has 0 aliphatic carbocycles. The molecule has 2 aromatic rings. The number of aliphatic hydroxyl groups excluding tert-OH is 1. The van der Waals surface area contributed by atoms with Crippen molar-refractivity contribution in [1.82, 2.24) is 0 Å². The van der Waals surface area contributed by atoms with E-state index < -0.39 is 11.6 Å². The third-order valence-electron chi connectivity index (χ3n) is 5.74. The predicted molar refractivity (Wildman–Crippen MR) is 128 cm³/mol. The molecule has 0 radical (unpaired) electrons. The van der Waals surface area contributed by atoms with Crippen molar-refractivity contribution in [2.45, 2.75) is 76.7 Å². The fourth-order valence-electron chi connectivity index (χ4n) is 4.32. The van der Waals surface area contributed by atoms with Crippen LogP contribution in [0.5, 0.6) is 0 Å². The number of aliphatic hydroxyl groups is 1. The Labute approximate surface area is 190 Å². The first-order valence-electron chi connectivity index (χ1n) is 11.2. The number of thioether (sulfide) groups is 1. The van der Waals surface area contributed by atoms with Gasteiger partial charge in [0.1, 0.15) is 16.3 Å². The number of rotatable bonds is 8. The molecule has 4 heteroatoms. The maximum Gasteiger partial charge on any atom is 0.349 e. The SMILES string of the molecule is Cc1ccc(C(C)C)c(SC2=C(O)CC(CCc3ccccc3)(CC(C)C)OC2=O)c1. The van der Waals surface area contributed by atoms with Gasteiger partial charge < -0.3 is 9.84 Å². The number of esters is 1. The summed E-state index contributed by atoms with van der Waals surface area (Å²) in [6.07, 6.45) is 2.61. The number of carbonyl (C=O) groups excluding carboxylic acids is 1. The van der Waals surface area contributed by atoms with Crippen LogP contribution in [-0.4, -0.2) is 16.7 Å².